The number of amides is 2. The normalized spacial score (nSPS) is 14.6. The van der Waals surface area contributed by atoms with Crippen LogP contribution in [0.1, 0.15) is 31.0 Å². The summed E-state index contributed by atoms with van der Waals surface area (Å²) in [5.41, 5.74) is 1.70. The molecule has 8 nitrogen and oxygen atoms in total. The Morgan fingerprint density at radius 3 is 2.83 bits per heavy atom. The number of rotatable bonds is 7. The summed E-state index contributed by atoms with van der Waals surface area (Å²) in [7, 11) is 1.98. The number of likely N-dealkylation sites (tertiary alicyclic amines) is 1. The van der Waals surface area contributed by atoms with Crippen LogP contribution in [0.2, 0.25) is 0 Å². The number of carbonyl (C=O) groups is 1. The standard InChI is InChI=1S/C21H27N7O/c1-3-10-27(2)11-4-8-25-21(29)28-12-6-17(7-13-28)20-24-9-5-19(26-20)18-14-22-16-23-15-18/h1,5,9,14-17H,4,6-8,10-13H2,2H3,(H,25,29). The molecule has 3 heterocycles. The van der Waals surface area contributed by atoms with Gasteiger partial charge in [0, 0.05) is 56.3 Å². The SMILES string of the molecule is C#CCN(C)CCCNC(=O)N1CCC(c2nccc(-c3cncnc3)n2)CC1. The zero-order valence-corrected chi connectivity index (χ0v) is 16.8. The summed E-state index contributed by atoms with van der Waals surface area (Å²) in [4.78, 5) is 33.6. The summed E-state index contributed by atoms with van der Waals surface area (Å²) in [6, 6.07) is 1.87. The summed E-state index contributed by atoms with van der Waals surface area (Å²) in [5, 5.41) is 3.00. The topological polar surface area (TPSA) is 87.1 Å². The molecule has 0 unspecified atom stereocenters. The third-order valence-corrected chi connectivity index (χ3v) is 5.03. The van der Waals surface area contributed by atoms with Crippen molar-refractivity contribution in [3.63, 3.8) is 0 Å². The lowest BCUT2D eigenvalue weighted by Crippen LogP contribution is -2.44. The van der Waals surface area contributed by atoms with Crippen molar-refractivity contribution >= 4 is 6.03 Å². The molecule has 8 heteroatoms. The molecule has 1 aliphatic heterocycles. The van der Waals surface area contributed by atoms with Crippen LogP contribution in [0, 0.1) is 12.3 Å². The largest absolute Gasteiger partial charge is 0.338 e. The Kier molecular flexibility index (Phi) is 7.47. The summed E-state index contributed by atoms with van der Waals surface area (Å²) < 4.78 is 0. The van der Waals surface area contributed by atoms with Crippen molar-refractivity contribution in [2.75, 3.05) is 39.8 Å². The number of carbonyl (C=O) groups excluding carboxylic acids is 1. The van der Waals surface area contributed by atoms with Crippen molar-refractivity contribution in [2.24, 2.45) is 0 Å². The summed E-state index contributed by atoms with van der Waals surface area (Å²) in [6.45, 7) is 3.55. The van der Waals surface area contributed by atoms with E-state index in [1.54, 1.807) is 18.6 Å². The van der Waals surface area contributed by atoms with E-state index in [0.717, 1.165) is 42.9 Å². The third-order valence-electron chi connectivity index (χ3n) is 5.03. The number of hydrogen-bond acceptors (Lipinski definition) is 6. The van der Waals surface area contributed by atoms with Gasteiger partial charge in [0.15, 0.2) is 0 Å². The van der Waals surface area contributed by atoms with Gasteiger partial charge in [0.25, 0.3) is 0 Å². The molecule has 2 aromatic rings. The number of aromatic nitrogens is 4. The first-order valence-electron chi connectivity index (χ1n) is 9.90. The molecule has 0 aliphatic carbocycles. The molecule has 0 saturated carbocycles. The lowest BCUT2D eigenvalue weighted by atomic mass is 9.96. The Bertz CT molecular complexity index is 828. The zero-order chi connectivity index (χ0) is 20.5. The maximum absolute atomic E-state index is 12.4. The molecular weight excluding hydrogens is 366 g/mol. The summed E-state index contributed by atoms with van der Waals surface area (Å²) >= 11 is 0. The first-order chi connectivity index (χ1) is 14.2. The van der Waals surface area contributed by atoms with Crippen LogP contribution < -0.4 is 5.32 Å². The Labute approximate surface area is 171 Å². The molecule has 29 heavy (non-hydrogen) atoms. The molecular formula is C21H27N7O. The van der Waals surface area contributed by atoms with Crippen molar-refractivity contribution in [1.29, 1.82) is 0 Å². The second kappa shape index (κ2) is 10.5. The van der Waals surface area contributed by atoms with Gasteiger partial charge in [-0.25, -0.2) is 24.7 Å². The van der Waals surface area contributed by atoms with Gasteiger partial charge in [0.1, 0.15) is 12.2 Å². The van der Waals surface area contributed by atoms with E-state index in [0.29, 0.717) is 26.2 Å². The van der Waals surface area contributed by atoms with Crippen molar-refractivity contribution in [1.82, 2.24) is 35.1 Å². The highest BCUT2D eigenvalue weighted by Crippen LogP contribution is 2.26. The Morgan fingerprint density at radius 2 is 2.10 bits per heavy atom. The van der Waals surface area contributed by atoms with Crippen molar-refractivity contribution < 1.29 is 4.79 Å². The van der Waals surface area contributed by atoms with Gasteiger partial charge in [0.05, 0.1) is 12.2 Å². The molecule has 1 fully saturated rings. The minimum atomic E-state index is -0.000781. The van der Waals surface area contributed by atoms with Gasteiger partial charge in [-0.3, -0.25) is 4.90 Å². The summed E-state index contributed by atoms with van der Waals surface area (Å²) in [6.07, 6.45) is 14.6. The Hall–Kier alpha value is -3.05. The maximum atomic E-state index is 12.4. The number of terminal acetylenes is 1. The fourth-order valence-electron chi connectivity index (χ4n) is 3.39. The maximum Gasteiger partial charge on any atom is 0.317 e. The minimum Gasteiger partial charge on any atom is -0.338 e. The van der Waals surface area contributed by atoms with Crippen LogP contribution in [0.5, 0.6) is 0 Å². The molecule has 0 aromatic carbocycles. The summed E-state index contributed by atoms with van der Waals surface area (Å²) in [5.74, 6) is 3.69. The Morgan fingerprint density at radius 1 is 1.34 bits per heavy atom. The van der Waals surface area contributed by atoms with Crippen LogP contribution in [0.25, 0.3) is 11.3 Å². The van der Waals surface area contributed by atoms with Crippen LogP contribution in [0.4, 0.5) is 4.79 Å². The lowest BCUT2D eigenvalue weighted by molar-refractivity contribution is 0.180. The van der Waals surface area contributed by atoms with Crippen molar-refractivity contribution in [3.05, 3.63) is 36.8 Å². The number of hydrogen-bond donors (Lipinski definition) is 1. The number of nitrogens with zero attached hydrogens (tertiary/aromatic N) is 6. The first-order valence-corrected chi connectivity index (χ1v) is 9.90. The molecule has 0 radical (unpaired) electrons. The van der Waals surface area contributed by atoms with E-state index in [1.165, 1.54) is 6.33 Å². The van der Waals surface area contributed by atoms with Crippen molar-refractivity contribution in [2.45, 2.75) is 25.2 Å². The van der Waals surface area contributed by atoms with E-state index < -0.39 is 0 Å². The quantitative estimate of drug-likeness (QED) is 0.570. The van der Waals surface area contributed by atoms with E-state index in [4.69, 9.17) is 11.4 Å². The predicted octanol–water partition coefficient (Wildman–Crippen LogP) is 1.78. The molecule has 1 saturated heterocycles. The van der Waals surface area contributed by atoms with Crippen LogP contribution in [-0.2, 0) is 0 Å². The molecule has 1 N–H and O–H groups in total. The smallest absolute Gasteiger partial charge is 0.317 e. The Balaban J connectivity index is 1.46. The van der Waals surface area contributed by atoms with Gasteiger partial charge in [-0.1, -0.05) is 5.92 Å². The van der Waals surface area contributed by atoms with Gasteiger partial charge in [-0.05, 0) is 32.4 Å². The molecule has 0 spiro atoms. The van der Waals surface area contributed by atoms with Gasteiger partial charge in [0.2, 0.25) is 0 Å². The first kappa shape index (κ1) is 20.7. The van der Waals surface area contributed by atoms with Gasteiger partial charge in [-0.15, -0.1) is 6.42 Å². The second-order valence-corrected chi connectivity index (χ2v) is 7.22. The number of piperidine rings is 1. The van der Waals surface area contributed by atoms with Gasteiger partial charge in [-0.2, -0.15) is 0 Å². The van der Waals surface area contributed by atoms with Gasteiger partial charge >= 0.3 is 6.03 Å². The fraction of sp³-hybridized carbons (Fsp3) is 0.476. The molecule has 3 rings (SSSR count). The van der Waals surface area contributed by atoms with E-state index in [1.807, 2.05) is 18.0 Å². The van der Waals surface area contributed by atoms with E-state index in [-0.39, 0.29) is 11.9 Å². The predicted molar refractivity (Wildman–Crippen MR) is 111 cm³/mol. The second-order valence-electron chi connectivity index (χ2n) is 7.22. The van der Waals surface area contributed by atoms with Crippen LogP contribution in [-0.4, -0.2) is 75.5 Å². The van der Waals surface area contributed by atoms with Crippen LogP contribution in [0.15, 0.2) is 31.0 Å². The molecule has 0 bridgehead atoms. The fourth-order valence-corrected chi connectivity index (χ4v) is 3.39. The van der Waals surface area contributed by atoms with Crippen molar-refractivity contribution in [3.8, 4) is 23.6 Å². The zero-order valence-electron chi connectivity index (χ0n) is 16.8. The van der Waals surface area contributed by atoms with Gasteiger partial charge < -0.3 is 10.2 Å². The third kappa shape index (κ3) is 5.96. The minimum absolute atomic E-state index is 0.000781. The van der Waals surface area contributed by atoms with Crippen LogP contribution in [0.3, 0.4) is 0 Å². The monoisotopic (exact) mass is 393 g/mol. The molecule has 1 aliphatic rings. The van der Waals surface area contributed by atoms with E-state index in [9.17, 15) is 4.79 Å². The lowest BCUT2D eigenvalue weighted by Gasteiger charge is -2.31. The highest BCUT2D eigenvalue weighted by molar-refractivity contribution is 5.74. The van der Waals surface area contributed by atoms with E-state index >= 15 is 0 Å². The highest BCUT2D eigenvalue weighted by atomic mass is 16.2. The molecule has 2 amide bonds. The highest BCUT2D eigenvalue weighted by Gasteiger charge is 2.25. The molecule has 0 atom stereocenters. The average molecular weight is 393 g/mol. The average Bonchev–Trinajstić information content (AvgIpc) is 2.77. The number of nitrogens with one attached hydrogen (secondary N) is 1. The molecule has 2 aromatic heterocycles. The number of urea groups is 1. The van der Waals surface area contributed by atoms with E-state index in [2.05, 4.69) is 31.1 Å². The van der Waals surface area contributed by atoms with Crippen LogP contribution >= 0.6 is 0 Å². The molecule has 152 valence electrons.